The third kappa shape index (κ3) is 3.21. The number of nitrogens with two attached hydrogens (primary N) is 1. The van der Waals surface area contributed by atoms with Gasteiger partial charge in [-0.3, -0.25) is 4.79 Å². The number of benzene rings is 1. The number of rotatable bonds is 4. The molecule has 1 aromatic heterocycles. The first-order chi connectivity index (χ1) is 9.61. The number of aromatic nitrogens is 1. The van der Waals surface area contributed by atoms with E-state index in [2.05, 4.69) is 38.2 Å². The Bertz CT molecular complexity index is 654. The summed E-state index contributed by atoms with van der Waals surface area (Å²) in [4.78, 5) is 16.9. The minimum Gasteiger partial charge on any atom is -0.382 e. The predicted octanol–water partition coefficient (Wildman–Crippen LogP) is 3.16. The van der Waals surface area contributed by atoms with E-state index in [0.29, 0.717) is 10.9 Å². The van der Waals surface area contributed by atoms with Crippen LogP contribution < -0.4 is 16.4 Å². The van der Waals surface area contributed by atoms with Gasteiger partial charge in [-0.25, -0.2) is 4.98 Å². The summed E-state index contributed by atoms with van der Waals surface area (Å²) in [6.07, 6.45) is 2.31. The predicted molar refractivity (Wildman–Crippen MR) is 90.3 cm³/mol. The summed E-state index contributed by atoms with van der Waals surface area (Å²) in [7, 11) is 0. The Labute approximate surface area is 134 Å². The number of halogens is 1. The number of nitrogens with one attached hydrogen (secondary N) is 2. The zero-order chi connectivity index (χ0) is 14.1. The Hall–Kier alpha value is -1.35. The quantitative estimate of drug-likeness (QED) is 0.689. The number of hydrogen-bond acceptors (Lipinski definition) is 5. The van der Waals surface area contributed by atoms with E-state index < -0.39 is 0 Å². The zero-order valence-corrected chi connectivity index (χ0v) is 13.5. The molecule has 1 aliphatic carbocycles. The molecule has 1 aromatic carbocycles. The second kappa shape index (κ2) is 5.57. The van der Waals surface area contributed by atoms with Crippen LogP contribution in [0.4, 0.5) is 16.6 Å². The van der Waals surface area contributed by atoms with Crippen molar-refractivity contribution in [3.05, 3.63) is 32.7 Å². The standard InChI is InChI=1S/C13H13IN4OS/c14-7-2-1-3-9(6-7)16-12(19)10-11(15)18-13(20-10)17-8-4-5-8/h1-3,6,8H,4-5,15H2,(H,16,19)(H,17,18). The molecule has 0 unspecified atom stereocenters. The molecule has 0 saturated heterocycles. The van der Waals surface area contributed by atoms with Gasteiger partial charge in [-0.1, -0.05) is 17.4 Å². The first-order valence-electron chi connectivity index (χ1n) is 6.21. The van der Waals surface area contributed by atoms with E-state index in [1.54, 1.807) is 0 Å². The van der Waals surface area contributed by atoms with Crippen molar-refractivity contribution in [2.75, 3.05) is 16.4 Å². The van der Waals surface area contributed by atoms with Gasteiger partial charge in [0.15, 0.2) is 5.13 Å². The van der Waals surface area contributed by atoms with Gasteiger partial charge in [-0.15, -0.1) is 0 Å². The highest BCUT2D eigenvalue weighted by Crippen LogP contribution is 2.31. The van der Waals surface area contributed by atoms with Crippen molar-refractivity contribution in [2.45, 2.75) is 18.9 Å². The van der Waals surface area contributed by atoms with Crippen molar-refractivity contribution in [2.24, 2.45) is 0 Å². The van der Waals surface area contributed by atoms with E-state index in [0.717, 1.165) is 27.2 Å². The van der Waals surface area contributed by atoms with E-state index in [1.165, 1.54) is 11.3 Å². The monoisotopic (exact) mass is 400 g/mol. The molecule has 3 rings (SSSR count). The molecule has 5 nitrogen and oxygen atoms in total. The van der Waals surface area contributed by atoms with Crippen LogP contribution in [0.25, 0.3) is 0 Å². The van der Waals surface area contributed by atoms with Crippen LogP contribution in [0.3, 0.4) is 0 Å². The zero-order valence-electron chi connectivity index (χ0n) is 10.5. The number of hydrogen-bond donors (Lipinski definition) is 3. The van der Waals surface area contributed by atoms with E-state index in [4.69, 9.17) is 5.73 Å². The molecule has 1 amide bonds. The molecule has 1 heterocycles. The smallest absolute Gasteiger partial charge is 0.269 e. The van der Waals surface area contributed by atoms with Crippen molar-refractivity contribution in [3.8, 4) is 0 Å². The van der Waals surface area contributed by atoms with Crippen LogP contribution >= 0.6 is 33.9 Å². The van der Waals surface area contributed by atoms with Gasteiger partial charge in [0.1, 0.15) is 10.7 Å². The van der Waals surface area contributed by atoms with Crippen molar-refractivity contribution in [1.29, 1.82) is 0 Å². The Morgan fingerprint density at radius 2 is 2.25 bits per heavy atom. The molecule has 4 N–H and O–H groups in total. The molecule has 0 radical (unpaired) electrons. The second-order valence-corrected chi connectivity index (χ2v) is 6.86. The minimum absolute atomic E-state index is 0.217. The van der Waals surface area contributed by atoms with Crippen LogP contribution in [0.2, 0.25) is 0 Å². The SMILES string of the molecule is Nc1nc(NC2CC2)sc1C(=O)Nc1cccc(I)c1. The van der Waals surface area contributed by atoms with Gasteiger partial charge in [-0.2, -0.15) is 0 Å². The number of nitrogens with zero attached hydrogens (tertiary/aromatic N) is 1. The first kappa shape index (κ1) is 13.6. The molecule has 104 valence electrons. The van der Waals surface area contributed by atoms with Crippen molar-refractivity contribution < 1.29 is 4.79 Å². The Morgan fingerprint density at radius 3 is 2.95 bits per heavy atom. The normalized spacial score (nSPS) is 14.1. The number of amides is 1. The lowest BCUT2D eigenvalue weighted by Crippen LogP contribution is -2.12. The van der Waals surface area contributed by atoms with Gasteiger partial charge in [0.2, 0.25) is 0 Å². The molecule has 0 spiro atoms. The molecule has 0 atom stereocenters. The van der Waals surface area contributed by atoms with Crippen molar-refractivity contribution in [1.82, 2.24) is 4.98 Å². The lowest BCUT2D eigenvalue weighted by Gasteiger charge is -2.04. The lowest BCUT2D eigenvalue weighted by molar-refractivity contribution is 0.103. The first-order valence-corrected chi connectivity index (χ1v) is 8.11. The maximum absolute atomic E-state index is 12.2. The highest BCUT2D eigenvalue weighted by atomic mass is 127. The average molecular weight is 400 g/mol. The molecule has 20 heavy (non-hydrogen) atoms. The summed E-state index contributed by atoms with van der Waals surface area (Å²) in [5.41, 5.74) is 6.57. The van der Waals surface area contributed by atoms with Crippen LogP contribution in [0.1, 0.15) is 22.5 Å². The van der Waals surface area contributed by atoms with Crippen molar-refractivity contribution >= 4 is 56.5 Å². The maximum atomic E-state index is 12.2. The molecule has 2 aromatic rings. The Kier molecular flexibility index (Phi) is 3.79. The minimum atomic E-state index is -0.217. The van der Waals surface area contributed by atoms with Crippen LogP contribution in [-0.2, 0) is 0 Å². The number of carbonyl (C=O) groups is 1. The molecule has 0 bridgehead atoms. The highest BCUT2D eigenvalue weighted by Gasteiger charge is 2.24. The van der Waals surface area contributed by atoms with Gasteiger partial charge in [0, 0.05) is 15.3 Å². The molecule has 1 aliphatic rings. The van der Waals surface area contributed by atoms with E-state index in [-0.39, 0.29) is 11.7 Å². The maximum Gasteiger partial charge on any atom is 0.269 e. The lowest BCUT2D eigenvalue weighted by atomic mass is 10.3. The van der Waals surface area contributed by atoms with Crippen LogP contribution in [-0.4, -0.2) is 16.9 Å². The summed E-state index contributed by atoms with van der Waals surface area (Å²) >= 11 is 3.50. The summed E-state index contributed by atoms with van der Waals surface area (Å²) in [6.45, 7) is 0. The van der Waals surface area contributed by atoms with E-state index >= 15 is 0 Å². The van der Waals surface area contributed by atoms with Gasteiger partial charge in [0.25, 0.3) is 5.91 Å². The fourth-order valence-electron chi connectivity index (χ4n) is 1.71. The van der Waals surface area contributed by atoms with Crippen LogP contribution in [0, 0.1) is 3.57 Å². The number of thiazole rings is 1. The van der Waals surface area contributed by atoms with Gasteiger partial charge < -0.3 is 16.4 Å². The third-order valence-corrected chi connectivity index (χ3v) is 4.52. The molecular weight excluding hydrogens is 387 g/mol. The third-order valence-electron chi connectivity index (χ3n) is 2.85. The summed E-state index contributed by atoms with van der Waals surface area (Å²) in [6, 6.07) is 8.11. The molecule has 7 heteroatoms. The van der Waals surface area contributed by atoms with Crippen LogP contribution in [0.15, 0.2) is 24.3 Å². The number of nitrogen functional groups attached to an aromatic ring is 1. The molecule has 0 aliphatic heterocycles. The van der Waals surface area contributed by atoms with Gasteiger partial charge >= 0.3 is 0 Å². The Morgan fingerprint density at radius 1 is 1.45 bits per heavy atom. The fraction of sp³-hybridized carbons (Fsp3) is 0.231. The average Bonchev–Trinajstić information content (AvgIpc) is 3.11. The molecule has 1 saturated carbocycles. The van der Waals surface area contributed by atoms with Gasteiger partial charge in [0.05, 0.1) is 0 Å². The topological polar surface area (TPSA) is 80.0 Å². The molecular formula is C13H13IN4OS. The van der Waals surface area contributed by atoms with Gasteiger partial charge in [-0.05, 0) is 53.6 Å². The van der Waals surface area contributed by atoms with Crippen LogP contribution in [0.5, 0.6) is 0 Å². The summed E-state index contributed by atoms with van der Waals surface area (Å²) in [5.74, 6) is 0.0622. The fourth-order valence-corrected chi connectivity index (χ4v) is 3.11. The summed E-state index contributed by atoms with van der Waals surface area (Å²) in [5, 5.41) is 6.81. The number of carbonyl (C=O) groups excluding carboxylic acids is 1. The Balaban J connectivity index is 1.74. The molecule has 1 fully saturated rings. The summed E-state index contributed by atoms with van der Waals surface area (Å²) < 4.78 is 1.06. The largest absolute Gasteiger partial charge is 0.382 e. The van der Waals surface area contributed by atoms with Crippen molar-refractivity contribution in [3.63, 3.8) is 0 Å². The number of anilines is 3. The van der Waals surface area contributed by atoms with E-state index in [1.807, 2.05) is 24.3 Å². The second-order valence-electron chi connectivity index (χ2n) is 4.62. The highest BCUT2D eigenvalue weighted by molar-refractivity contribution is 14.1. The van der Waals surface area contributed by atoms with E-state index in [9.17, 15) is 4.79 Å².